The molecule has 5 nitrogen and oxygen atoms in total. The van der Waals surface area contributed by atoms with Crippen LogP contribution in [-0.2, 0) is 0 Å². The summed E-state index contributed by atoms with van der Waals surface area (Å²) in [6.07, 6.45) is 4.45. The minimum absolute atomic E-state index is 0.656. The number of aromatic nitrogens is 3. The van der Waals surface area contributed by atoms with Crippen LogP contribution in [0.1, 0.15) is 12.8 Å². The first-order valence-electron chi connectivity index (χ1n) is 6.86. The van der Waals surface area contributed by atoms with Crippen LogP contribution >= 0.6 is 11.3 Å². The molecule has 3 fully saturated rings. The molecule has 2 bridgehead atoms. The van der Waals surface area contributed by atoms with Crippen LogP contribution < -0.4 is 4.90 Å². The Morgan fingerprint density at radius 3 is 2.84 bits per heavy atom. The Kier molecular flexibility index (Phi) is 2.77. The number of rotatable bonds is 2. The van der Waals surface area contributed by atoms with Crippen LogP contribution in [0.2, 0.25) is 0 Å². The molecular formula is C13H17N5S. The van der Waals surface area contributed by atoms with E-state index in [0.717, 1.165) is 28.9 Å². The molecule has 0 aromatic carbocycles. The number of piperidine rings is 1. The highest BCUT2D eigenvalue weighted by Crippen LogP contribution is 2.32. The molecule has 6 heteroatoms. The lowest BCUT2D eigenvalue weighted by Crippen LogP contribution is -2.37. The van der Waals surface area contributed by atoms with Crippen molar-refractivity contribution in [2.24, 2.45) is 0 Å². The van der Waals surface area contributed by atoms with Crippen LogP contribution in [-0.4, -0.2) is 52.3 Å². The van der Waals surface area contributed by atoms with Crippen molar-refractivity contribution >= 4 is 16.5 Å². The summed E-state index contributed by atoms with van der Waals surface area (Å²) in [4.78, 5) is 8.22. The van der Waals surface area contributed by atoms with Gasteiger partial charge in [0.2, 0.25) is 5.13 Å². The van der Waals surface area contributed by atoms with Gasteiger partial charge in [0, 0.05) is 38.4 Å². The van der Waals surface area contributed by atoms with Crippen molar-refractivity contribution in [1.82, 2.24) is 20.1 Å². The van der Waals surface area contributed by atoms with Crippen LogP contribution in [0.3, 0.4) is 0 Å². The van der Waals surface area contributed by atoms with Gasteiger partial charge in [0.1, 0.15) is 0 Å². The van der Waals surface area contributed by atoms with E-state index in [1.54, 1.807) is 11.3 Å². The molecule has 5 rings (SSSR count). The van der Waals surface area contributed by atoms with E-state index >= 15 is 0 Å². The van der Waals surface area contributed by atoms with Crippen LogP contribution in [0, 0.1) is 0 Å². The molecule has 0 atom stereocenters. The van der Waals surface area contributed by atoms with Crippen molar-refractivity contribution < 1.29 is 0 Å². The first kappa shape index (κ1) is 11.4. The third-order valence-corrected chi connectivity index (χ3v) is 5.14. The zero-order valence-corrected chi connectivity index (χ0v) is 11.6. The van der Waals surface area contributed by atoms with E-state index in [-0.39, 0.29) is 0 Å². The van der Waals surface area contributed by atoms with E-state index < -0.39 is 0 Å². The molecule has 3 aliphatic heterocycles. The number of fused-ring (bicyclic) bond motifs is 4. The second-order valence-electron chi connectivity index (χ2n) is 5.24. The SMILES string of the molecule is c1c[nH]c(-c2nnc(N3CCN4CCC3CC4)s2)c1. The normalized spacial score (nSPS) is 26.6. The van der Waals surface area contributed by atoms with E-state index in [4.69, 9.17) is 0 Å². The second-order valence-corrected chi connectivity index (χ2v) is 6.20. The van der Waals surface area contributed by atoms with Crippen molar-refractivity contribution in [2.75, 3.05) is 31.1 Å². The van der Waals surface area contributed by atoms with Gasteiger partial charge in [-0.2, -0.15) is 0 Å². The largest absolute Gasteiger partial charge is 0.359 e. The Morgan fingerprint density at radius 2 is 2.05 bits per heavy atom. The van der Waals surface area contributed by atoms with Gasteiger partial charge in [0.25, 0.3) is 0 Å². The van der Waals surface area contributed by atoms with Crippen molar-refractivity contribution in [1.29, 1.82) is 0 Å². The summed E-state index contributed by atoms with van der Waals surface area (Å²) in [6.45, 7) is 4.73. The number of hydrogen-bond donors (Lipinski definition) is 1. The highest BCUT2D eigenvalue weighted by Gasteiger charge is 2.30. The van der Waals surface area contributed by atoms with Gasteiger partial charge in [-0.15, -0.1) is 10.2 Å². The molecule has 5 heterocycles. The highest BCUT2D eigenvalue weighted by molar-refractivity contribution is 7.18. The smallest absolute Gasteiger partial charge is 0.208 e. The third kappa shape index (κ3) is 2.04. The number of aromatic amines is 1. The molecule has 0 spiro atoms. The summed E-state index contributed by atoms with van der Waals surface area (Å²) >= 11 is 1.70. The molecular weight excluding hydrogens is 258 g/mol. The van der Waals surface area contributed by atoms with E-state index in [0.29, 0.717) is 6.04 Å². The van der Waals surface area contributed by atoms with Crippen molar-refractivity contribution in [2.45, 2.75) is 18.9 Å². The minimum Gasteiger partial charge on any atom is -0.359 e. The van der Waals surface area contributed by atoms with Crippen LogP contribution in [0.15, 0.2) is 18.3 Å². The summed E-state index contributed by atoms with van der Waals surface area (Å²) in [7, 11) is 0. The summed E-state index contributed by atoms with van der Waals surface area (Å²) in [5.41, 5.74) is 1.06. The lowest BCUT2D eigenvalue weighted by atomic mass is 10.1. The van der Waals surface area contributed by atoms with Gasteiger partial charge < -0.3 is 14.8 Å². The van der Waals surface area contributed by atoms with Gasteiger partial charge >= 0.3 is 0 Å². The zero-order valence-electron chi connectivity index (χ0n) is 10.7. The van der Waals surface area contributed by atoms with Gasteiger partial charge in [-0.1, -0.05) is 11.3 Å². The van der Waals surface area contributed by atoms with E-state index in [9.17, 15) is 0 Å². The maximum atomic E-state index is 4.41. The molecule has 0 saturated carbocycles. The number of hydrogen-bond acceptors (Lipinski definition) is 5. The fourth-order valence-electron chi connectivity index (χ4n) is 3.04. The monoisotopic (exact) mass is 275 g/mol. The third-order valence-electron chi connectivity index (χ3n) is 4.14. The average molecular weight is 275 g/mol. The molecule has 0 unspecified atom stereocenters. The molecule has 19 heavy (non-hydrogen) atoms. The van der Waals surface area contributed by atoms with Crippen molar-refractivity contribution in [3.63, 3.8) is 0 Å². The van der Waals surface area contributed by atoms with Gasteiger partial charge in [-0.3, -0.25) is 0 Å². The maximum Gasteiger partial charge on any atom is 0.208 e. The standard InChI is InChI=1S/C13H17N5S/c1-2-11(14-5-1)12-15-16-13(19-12)18-9-8-17-6-3-10(18)4-7-17/h1-2,5,10,14H,3-4,6-9H2. The molecule has 3 aliphatic rings. The fourth-order valence-corrected chi connectivity index (χ4v) is 3.97. The van der Waals surface area contributed by atoms with E-state index in [1.807, 2.05) is 18.3 Å². The Hall–Kier alpha value is -1.40. The van der Waals surface area contributed by atoms with Gasteiger partial charge in [0.15, 0.2) is 5.01 Å². The lowest BCUT2D eigenvalue weighted by molar-refractivity contribution is 0.250. The van der Waals surface area contributed by atoms with E-state index in [1.165, 1.54) is 25.9 Å². The Balaban J connectivity index is 1.62. The van der Waals surface area contributed by atoms with Crippen LogP contribution in [0.5, 0.6) is 0 Å². The molecule has 0 radical (unpaired) electrons. The van der Waals surface area contributed by atoms with Gasteiger partial charge in [0.05, 0.1) is 5.69 Å². The first-order chi connectivity index (χ1) is 9.40. The number of nitrogens with zero attached hydrogens (tertiary/aromatic N) is 4. The van der Waals surface area contributed by atoms with Crippen molar-refractivity contribution in [3.05, 3.63) is 18.3 Å². The predicted molar refractivity (Wildman–Crippen MR) is 76.5 cm³/mol. The Morgan fingerprint density at radius 1 is 1.16 bits per heavy atom. The molecule has 2 aromatic rings. The first-order valence-corrected chi connectivity index (χ1v) is 7.68. The zero-order chi connectivity index (χ0) is 12.7. The molecule has 0 amide bonds. The summed E-state index contributed by atoms with van der Waals surface area (Å²) in [5.74, 6) is 0. The minimum atomic E-state index is 0.656. The molecule has 100 valence electrons. The van der Waals surface area contributed by atoms with E-state index in [2.05, 4.69) is 25.0 Å². The topological polar surface area (TPSA) is 48.1 Å². The quantitative estimate of drug-likeness (QED) is 0.908. The van der Waals surface area contributed by atoms with Crippen LogP contribution in [0.25, 0.3) is 10.7 Å². The van der Waals surface area contributed by atoms with Crippen LogP contribution in [0.4, 0.5) is 5.13 Å². The fraction of sp³-hybridized carbons (Fsp3) is 0.538. The average Bonchev–Trinajstić information content (AvgIpc) is 3.05. The molecule has 1 N–H and O–H groups in total. The highest BCUT2D eigenvalue weighted by atomic mass is 32.1. The summed E-state index contributed by atoms with van der Waals surface area (Å²) < 4.78 is 0. The van der Waals surface area contributed by atoms with Crippen molar-refractivity contribution in [3.8, 4) is 10.7 Å². The Bertz CT molecular complexity index is 541. The predicted octanol–water partition coefficient (Wildman–Crippen LogP) is 1.82. The Labute approximate surface area is 116 Å². The summed E-state index contributed by atoms with van der Waals surface area (Å²) in [6, 6.07) is 4.70. The maximum absolute atomic E-state index is 4.41. The molecule has 3 saturated heterocycles. The molecule has 2 aromatic heterocycles. The second kappa shape index (κ2) is 4.61. The number of H-pyrrole nitrogens is 1. The number of anilines is 1. The summed E-state index contributed by atoms with van der Waals surface area (Å²) in [5, 5.41) is 10.8. The lowest BCUT2D eigenvalue weighted by Gasteiger charge is -2.30. The van der Waals surface area contributed by atoms with Gasteiger partial charge in [-0.25, -0.2) is 0 Å². The molecule has 0 aliphatic carbocycles. The van der Waals surface area contributed by atoms with Gasteiger partial charge in [-0.05, 0) is 25.0 Å². The number of nitrogens with one attached hydrogen (secondary N) is 1.